The highest BCUT2D eigenvalue weighted by atomic mass is 16.3. The van der Waals surface area contributed by atoms with Crippen LogP contribution in [0.15, 0.2) is 60.7 Å². The maximum atomic E-state index is 12.2. The lowest BCUT2D eigenvalue weighted by atomic mass is 9.93. The minimum absolute atomic E-state index is 0.00808. The molecular formula is C26H35NO2. The average molecular weight is 394 g/mol. The maximum Gasteiger partial charge on any atom is 0.253 e. The molecule has 0 heterocycles. The van der Waals surface area contributed by atoms with Gasteiger partial charge in [0.25, 0.3) is 5.91 Å². The Morgan fingerprint density at radius 3 is 2.24 bits per heavy atom. The van der Waals surface area contributed by atoms with Crippen LogP contribution in [-0.4, -0.2) is 36.1 Å². The predicted molar refractivity (Wildman–Crippen MR) is 122 cm³/mol. The van der Waals surface area contributed by atoms with Crippen LogP contribution in [0.1, 0.15) is 66.9 Å². The molecule has 0 bridgehead atoms. The number of unbranched alkanes of at least 4 members (excludes halogenated alkanes) is 4. The van der Waals surface area contributed by atoms with Gasteiger partial charge in [-0.2, -0.15) is 0 Å². The molecule has 0 fully saturated rings. The molecule has 0 aromatic heterocycles. The first-order chi connectivity index (χ1) is 14.0. The molecule has 0 aliphatic rings. The van der Waals surface area contributed by atoms with Gasteiger partial charge >= 0.3 is 0 Å². The molecule has 1 amide bonds. The van der Waals surface area contributed by atoms with Gasteiger partial charge in [0, 0.05) is 19.7 Å². The first kappa shape index (κ1) is 22.9. The van der Waals surface area contributed by atoms with E-state index in [4.69, 9.17) is 0 Å². The molecule has 2 aromatic rings. The van der Waals surface area contributed by atoms with Gasteiger partial charge in [0.1, 0.15) is 0 Å². The van der Waals surface area contributed by atoms with Crippen LogP contribution in [0.4, 0.5) is 0 Å². The van der Waals surface area contributed by atoms with Crippen molar-refractivity contribution in [1.82, 2.24) is 4.90 Å². The van der Waals surface area contributed by atoms with Crippen molar-refractivity contribution in [3.05, 3.63) is 77.4 Å². The van der Waals surface area contributed by atoms with E-state index in [0.717, 1.165) is 30.4 Å². The molecule has 0 aliphatic heterocycles. The molecule has 0 spiro atoms. The van der Waals surface area contributed by atoms with Gasteiger partial charge in [-0.25, -0.2) is 0 Å². The molecule has 1 N–H and O–H groups in total. The molecule has 0 aliphatic carbocycles. The van der Waals surface area contributed by atoms with Crippen molar-refractivity contribution in [2.45, 2.75) is 58.0 Å². The number of carbonyl (C=O) groups excluding carboxylic acids is 1. The SMILES string of the molecule is CCCCCC/C=C(\c1ccc(C(=O)N(C)C)cc1)C(O)CCc1ccccc1. The second kappa shape index (κ2) is 12.2. The number of carbonyl (C=O) groups is 1. The molecule has 29 heavy (non-hydrogen) atoms. The predicted octanol–water partition coefficient (Wildman–Crippen LogP) is 5.74. The van der Waals surface area contributed by atoms with E-state index in [1.165, 1.54) is 24.8 Å². The number of nitrogens with zero attached hydrogens (tertiary/aromatic N) is 1. The third-order valence-corrected chi connectivity index (χ3v) is 5.20. The number of aliphatic hydroxyl groups excluding tert-OH is 1. The van der Waals surface area contributed by atoms with Crippen molar-refractivity contribution in [3.8, 4) is 0 Å². The summed E-state index contributed by atoms with van der Waals surface area (Å²) in [6.07, 6.45) is 8.99. The van der Waals surface area contributed by atoms with Gasteiger partial charge in [-0.05, 0) is 54.5 Å². The monoisotopic (exact) mass is 393 g/mol. The van der Waals surface area contributed by atoms with E-state index in [1.54, 1.807) is 19.0 Å². The fourth-order valence-corrected chi connectivity index (χ4v) is 3.44. The number of aryl methyl sites for hydroxylation is 1. The molecular weight excluding hydrogens is 358 g/mol. The van der Waals surface area contributed by atoms with Crippen LogP contribution in [0.5, 0.6) is 0 Å². The van der Waals surface area contributed by atoms with Gasteiger partial charge in [-0.1, -0.05) is 74.7 Å². The molecule has 2 rings (SSSR count). The summed E-state index contributed by atoms with van der Waals surface area (Å²) in [7, 11) is 3.51. The van der Waals surface area contributed by atoms with Gasteiger partial charge in [0.2, 0.25) is 0 Å². The van der Waals surface area contributed by atoms with Crippen LogP contribution < -0.4 is 0 Å². The number of aliphatic hydroxyl groups is 1. The van der Waals surface area contributed by atoms with Crippen molar-refractivity contribution in [2.75, 3.05) is 14.1 Å². The zero-order valence-electron chi connectivity index (χ0n) is 18.1. The van der Waals surface area contributed by atoms with Crippen molar-refractivity contribution in [1.29, 1.82) is 0 Å². The summed E-state index contributed by atoms with van der Waals surface area (Å²) in [4.78, 5) is 13.7. The van der Waals surface area contributed by atoms with Crippen molar-refractivity contribution >= 4 is 11.5 Å². The van der Waals surface area contributed by atoms with Gasteiger partial charge < -0.3 is 10.0 Å². The van der Waals surface area contributed by atoms with Gasteiger partial charge in [0.05, 0.1) is 6.10 Å². The van der Waals surface area contributed by atoms with Crippen LogP contribution >= 0.6 is 0 Å². The lowest BCUT2D eigenvalue weighted by Crippen LogP contribution is -2.21. The first-order valence-corrected chi connectivity index (χ1v) is 10.8. The highest BCUT2D eigenvalue weighted by Crippen LogP contribution is 2.24. The molecule has 1 unspecified atom stereocenters. The molecule has 0 saturated carbocycles. The van der Waals surface area contributed by atoms with E-state index in [0.29, 0.717) is 12.0 Å². The van der Waals surface area contributed by atoms with Gasteiger partial charge in [0.15, 0.2) is 0 Å². The first-order valence-electron chi connectivity index (χ1n) is 10.8. The number of allylic oxidation sites excluding steroid dienone is 1. The van der Waals surface area contributed by atoms with Gasteiger partial charge in [-0.3, -0.25) is 4.79 Å². The second-order valence-electron chi connectivity index (χ2n) is 7.83. The average Bonchev–Trinajstić information content (AvgIpc) is 2.75. The highest BCUT2D eigenvalue weighted by Gasteiger charge is 2.15. The van der Waals surface area contributed by atoms with E-state index in [-0.39, 0.29) is 5.91 Å². The highest BCUT2D eigenvalue weighted by molar-refractivity contribution is 5.94. The Morgan fingerprint density at radius 1 is 0.966 bits per heavy atom. The zero-order chi connectivity index (χ0) is 21.1. The fourth-order valence-electron chi connectivity index (χ4n) is 3.44. The third-order valence-electron chi connectivity index (χ3n) is 5.20. The van der Waals surface area contributed by atoms with Crippen LogP contribution in [-0.2, 0) is 6.42 Å². The van der Waals surface area contributed by atoms with Crippen molar-refractivity contribution < 1.29 is 9.90 Å². The van der Waals surface area contributed by atoms with Gasteiger partial charge in [-0.15, -0.1) is 0 Å². The van der Waals surface area contributed by atoms with E-state index in [9.17, 15) is 9.90 Å². The number of benzene rings is 2. The molecule has 3 heteroatoms. The number of amides is 1. The Balaban J connectivity index is 2.13. The Bertz CT molecular complexity index is 763. The number of rotatable bonds is 11. The van der Waals surface area contributed by atoms with E-state index in [2.05, 4.69) is 25.1 Å². The van der Waals surface area contributed by atoms with E-state index >= 15 is 0 Å². The summed E-state index contributed by atoms with van der Waals surface area (Å²) < 4.78 is 0. The summed E-state index contributed by atoms with van der Waals surface area (Å²) in [6.45, 7) is 2.21. The minimum atomic E-state index is -0.517. The van der Waals surface area contributed by atoms with Crippen molar-refractivity contribution in [2.24, 2.45) is 0 Å². The summed E-state index contributed by atoms with van der Waals surface area (Å²) in [5, 5.41) is 10.9. The number of hydrogen-bond acceptors (Lipinski definition) is 2. The van der Waals surface area contributed by atoms with Crippen molar-refractivity contribution in [3.63, 3.8) is 0 Å². The van der Waals surface area contributed by atoms with E-state index in [1.807, 2.05) is 42.5 Å². The Hall–Kier alpha value is -2.39. The molecule has 156 valence electrons. The smallest absolute Gasteiger partial charge is 0.253 e. The second-order valence-corrected chi connectivity index (χ2v) is 7.83. The third kappa shape index (κ3) is 7.51. The standard InChI is InChI=1S/C26H35NO2/c1-4-5-6-7-11-14-24(25(28)20-15-21-12-9-8-10-13-21)22-16-18-23(19-17-22)26(29)27(2)3/h8-10,12-14,16-19,25,28H,4-7,11,15,20H2,1-3H3/b24-14+. The zero-order valence-corrected chi connectivity index (χ0v) is 18.1. The topological polar surface area (TPSA) is 40.5 Å². The summed E-state index contributed by atoms with van der Waals surface area (Å²) in [6, 6.07) is 17.9. The summed E-state index contributed by atoms with van der Waals surface area (Å²) in [5.41, 5.74) is 3.87. The Labute approximate surface area is 176 Å². The summed E-state index contributed by atoms with van der Waals surface area (Å²) >= 11 is 0. The number of hydrogen-bond donors (Lipinski definition) is 1. The Morgan fingerprint density at radius 2 is 1.62 bits per heavy atom. The van der Waals surface area contributed by atoms with E-state index < -0.39 is 6.10 Å². The lowest BCUT2D eigenvalue weighted by Gasteiger charge is -2.17. The van der Waals surface area contributed by atoms with Crippen LogP contribution in [0, 0.1) is 0 Å². The minimum Gasteiger partial charge on any atom is -0.388 e. The normalized spacial score (nSPS) is 12.6. The molecule has 2 aromatic carbocycles. The lowest BCUT2D eigenvalue weighted by molar-refractivity contribution is 0.0827. The van der Waals surface area contributed by atoms with Crippen LogP contribution in [0.25, 0.3) is 5.57 Å². The molecule has 0 radical (unpaired) electrons. The maximum absolute atomic E-state index is 12.2. The quantitative estimate of drug-likeness (QED) is 0.495. The molecule has 0 saturated heterocycles. The van der Waals surface area contributed by atoms with Crippen LogP contribution in [0.2, 0.25) is 0 Å². The molecule has 1 atom stereocenters. The fraction of sp³-hybridized carbons (Fsp3) is 0.423. The Kier molecular flexibility index (Phi) is 9.66. The summed E-state index contributed by atoms with van der Waals surface area (Å²) in [5.74, 6) is -0.00808. The largest absolute Gasteiger partial charge is 0.388 e. The molecule has 3 nitrogen and oxygen atoms in total. The van der Waals surface area contributed by atoms with Crippen LogP contribution in [0.3, 0.4) is 0 Å².